The van der Waals surface area contributed by atoms with Crippen LogP contribution in [0, 0.1) is 6.92 Å². The molecule has 0 spiro atoms. The van der Waals surface area contributed by atoms with Gasteiger partial charge in [-0.15, -0.1) is 0 Å². The number of carboxylic acids is 1. The molecule has 0 aliphatic heterocycles. The van der Waals surface area contributed by atoms with Crippen LogP contribution in [0.2, 0.25) is 0 Å². The van der Waals surface area contributed by atoms with Crippen LogP contribution in [0.25, 0.3) is 11.0 Å². The average Bonchev–Trinajstić information content (AvgIpc) is 2.53. The molecule has 0 atom stereocenters. The zero-order valence-electron chi connectivity index (χ0n) is 8.79. The van der Waals surface area contributed by atoms with Gasteiger partial charge in [-0.2, -0.15) is 0 Å². The van der Waals surface area contributed by atoms with Crippen molar-refractivity contribution in [3.63, 3.8) is 0 Å². The van der Waals surface area contributed by atoms with E-state index < -0.39 is 5.97 Å². The average molecular weight is 283 g/mol. The summed E-state index contributed by atoms with van der Waals surface area (Å²) in [5.74, 6) is -0.0449. The number of aryl methyl sites for hydroxylation is 2. The Morgan fingerprint density at radius 3 is 2.94 bits per heavy atom. The lowest BCUT2D eigenvalue weighted by molar-refractivity contribution is -0.137. The molecule has 0 aliphatic carbocycles. The Balaban J connectivity index is 2.40. The number of hydrogen-bond acceptors (Lipinski definition) is 2. The van der Waals surface area contributed by atoms with Crippen molar-refractivity contribution in [1.82, 2.24) is 0 Å². The predicted molar refractivity (Wildman–Crippen MR) is 64.6 cm³/mol. The standard InChI is InChI=1S/C12H11BrO3/c1-7-9-6-8(13)2-3-11(9)16-10(7)4-5-12(14)15/h2-3,6H,4-5H2,1H3,(H,14,15). The number of aliphatic carboxylic acids is 1. The number of rotatable bonds is 3. The maximum absolute atomic E-state index is 10.5. The van der Waals surface area contributed by atoms with Crippen molar-refractivity contribution in [3.05, 3.63) is 34.0 Å². The van der Waals surface area contributed by atoms with Gasteiger partial charge in [0.2, 0.25) is 0 Å². The molecule has 3 nitrogen and oxygen atoms in total. The number of carboxylic acid groups (broad SMARTS) is 1. The van der Waals surface area contributed by atoms with Gasteiger partial charge in [0.25, 0.3) is 0 Å². The van der Waals surface area contributed by atoms with E-state index in [1.165, 1.54) is 0 Å². The Labute approximate surface area is 101 Å². The fraction of sp³-hybridized carbons (Fsp3) is 0.250. The molecule has 0 saturated heterocycles. The fourth-order valence-electron chi connectivity index (χ4n) is 1.70. The molecule has 0 bridgehead atoms. The molecular formula is C12H11BrO3. The summed E-state index contributed by atoms with van der Waals surface area (Å²) >= 11 is 3.40. The van der Waals surface area contributed by atoms with Crippen molar-refractivity contribution in [1.29, 1.82) is 0 Å². The Hall–Kier alpha value is -1.29. The van der Waals surface area contributed by atoms with Gasteiger partial charge in [0.1, 0.15) is 11.3 Å². The molecule has 16 heavy (non-hydrogen) atoms. The zero-order chi connectivity index (χ0) is 11.7. The molecule has 0 radical (unpaired) electrons. The third-order valence-corrected chi connectivity index (χ3v) is 3.06. The Bertz CT molecular complexity index is 542. The normalized spacial score (nSPS) is 10.9. The van der Waals surface area contributed by atoms with E-state index in [0.717, 1.165) is 26.8 Å². The molecule has 1 aromatic heterocycles. The number of hydrogen-bond donors (Lipinski definition) is 1. The van der Waals surface area contributed by atoms with E-state index in [2.05, 4.69) is 15.9 Å². The molecular weight excluding hydrogens is 272 g/mol. The van der Waals surface area contributed by atoms with E-state index in [0.29, 0.717) is 6.42 Å². The van der Waals surface area contributed by atoms with Crippen molar-refractivity contribution in [2.45, 2.75) is 19.8 Å². The van der Waals surface area contributed by atoms with Gasteiger partial charge in [-0.05, 0) is 30.7 Å². The highest BCUT2D eigenvalue weighted by molar-refractivity contribution is 9.10. The van der Waals surface area contributed by atoms with Crippen LogP contribution in [0.4, 0.5) is 0 Å². The lowest BCUT2D eigenvalue weighted by Crippen LogP contribution is -1.97. The molecule has 0 amide bonds. The van der Waals surface area contributed by atoms with E-state index in [1.807, 2.05) is 25.1 Å². The number of carbonyl (C=O) groups is 1. The van der Waals surface area contributed by atoms with E-state index in [1.54, 1.807) is 0 Å². The largest absolute Gasteiger partial charge is 0.481 e. The SMILES string of the molecule is Cc1c(CCC(=O)O)oc2ccc(Br)cc12. The number of fused-ring (bicyclic) bond motifs is 1. The predicted octanol–water partition coefficient (Wildman–Crippen LogP) is 3.52. The number of benzene rings is 1. The minimum Gasteiger partial charge on any atom is -0.481 e. The highest BCUT2D eigenvalue weighted by Crippen LogP contribution is 2.28. The molecule has 1 heterocycles. The van der Waals surface area contributed by atoms with E-state index >= 15 is 0 Å². The maximum Gasteiger partial charge on any atom is 0.303 e. The highest BCUT2D eigenvalue weighted by Gasteiger charge is 2.11. The molecule has 0 unspecified atom stereocenters. The van der Waals surface area contributed by atoms with Gasteiger partial charge in [-0.25, -0.2) is 0 Å². The lowest BCUT2D eigenvalue weighted by atomic mass is 10.1. The molecule has 2 aromatic rings. The van der Waals surface area contributed by atoms with Crippen molar-refractivity contribution in [3.8, 4) is 0 Å². The number of furan rings is 1. The van der Waals surface area contributed by atoms with Gasteiger partial charge in [-0.3, -0.25) is 4.79 Å². The molecule has 0 saturated carbocycles. The minimum atomic E-state index is -0.805. The Kier molecular flexibility index (Phi) is 3.01. The zero-order valence-corrected chi connectivity index (χ0v) is 10.4. The van der Waals surface area contributed by atoms with Gasteiger partial charge in [0.05, 0.1) is 6.42 Å². The van der Waals surface area contributed by atoms with Crippen LogP contribution in [-0.4, -0.2) is 11.1 Å². The van der Waals surface area contributed by atoms with E-state index in [-0.39, 0.29) is 6.42 Å². The van der Waals surface area contributed by atoms with Gasteiger partial charge >= 0.3 is 5.97 Å². The summed E-state index contributed by atoms with van der Waals surface area (Å²) in [6, 6.07) is 5.78. The quantitative estimate of drug-likeness (QED) is 0.937. The Morgan fingerprint density at radius 1 is 1.50 bits per heavy atom. The van der Waals surface area contributed by atoms with Crippen LogP contribution in [0.1, 0.15) is 17.7 Å². The van der Waals surface area contributed by atoms with Crippen molar-refractivity contribution in [2.75, 3.05) is 0 Å². The van der Waals surface area contributed by atoms with E-state index in [4.69, 9.17) is 9.52 Å². The van der Waals surface area contributed by atoms with Crippen LogP contribution < -0.4 is 0 Å². The van der Waals surface area contributed by atoms with Crippen LogP contribution in [0.15, 0.2) is 27.1 Å². The van der Waals surface area contributed by atoms with Gasteiger partial charge in [0.15, 0.2) is 0 Å². The lowest BCUT2D eigenvalue weighted by Gasteiger charge is -1.94. The van der Waals surface area contributed by atoms with Crippen LogP contribution in [0.5, 0.6) is 0 Å². The summed E-state index contributed by atoms with van der Waals surface area (Å²) in [5.41, 5.74) is 1.83. The Morgan fingerprint density at radius 2 is 2.25 bits per heavy atom. The fourth-order valence-corrected chi connectivity index (χ4v) is 2.06. The molecule has 0 aliphatic rings. The maximum atomic E-state index is 10.5. The first-order chi connectivity index (χ1) is 7.58. The van der Waals surface area contributed by atoms with Crippen molar-refractivity contribution in [2.24, 2.45) is 0 Å². The van der Waals surface area contributed by atoms with Gasteiger partial charge in [-0.1, -0.05) is 15.9 Å². The van der Waals surface area contributed by atoms with Gasteiger partial charge < -0.3 is 9.52 Å². The monoisotopic (exact) mass is 282 g/mol. The molecule has 1 N–H and O–H groups in total. The summed E-state index contributed by atoms with van der Waals surface area (Å²) in [7, 11) is 0. The van der Waals surface area contributed by atoms with Crippen molar-refractivity contribution < 1.29 is 14.3 Å². The molecule has 0 fully saturated rings. The van der Waals surface area contributed by atoms with E-state index in [9.17, 15) is 4.79 Å². The number of halogens is 1. The van der Waals surface area contributed by atoms with Gasteiger partial charge in [0, 0.05) is 16.3 Å². The van der Waals surface area contributed by atoms with Crippen LogP contribution >= 0.6 is 15.9 Å². The highest BCUT2D eigenvalue weighted by atomic mass is 79.9. The summed E-state index contributed by atoms with van der Waals surface area (Å²) in [4.78, 5) is 10.5. The van der Waals surface area contributed by atoms with Crippen LogP contribution in [0.3, 0.4) is 0 Å². The first-order valence-corrected chi connectivity index (χ1v) is 5.76. The minimum absolute atomic E-state index is 0.0990. The van der Waals surface area contributed by atoms with Crippen LogP contribution in [-0.2, 0) is 11.2 Å². The second-order valence-electron chi connectivity index (χ2n) is 3.68. The summed E-state index contributed by atoms with van der Waals surface area (Å²) in [5, 5.41) is 9.67. The summed E-state index contributed by atoms with van der Waals surface area (Å²) < 4.78 is 6.61. The topological polar surface area (TPSA) is 50.4 Å². The third kappa shape index (κ3) is 2.11. The summed E-state index contributed by atoms with van der Waals surface area (Å²) in [6.45, 7) is 1.95. The molecule has 1 aromatic carbocycles. The third-order valence-electron chi connectivity index (χ3n) is 2.56. The molecule has 2 rings (SSSR count). The second-order valence-corrected chi connectivity index (χ2v) is 4.60. The molecule has 4 heteroatoms. The first kappa shape index (κ1) is 11.2. The second kappa shape index (κ2) is 4.29. The molecule has 84 valence electrons. The summed E-state index contributed by atoms with van der Waals surface area (Å²) in [6.07, 6.45) is 0.537. The van der Waals surface area contributed by atoms with Crippen molar-refractivity contribution >= 4 is 32.9 Å². The smallest absolute Gasteiger partial charge is 0.303 e. The first-order valence-electron chi connectivity index (χ1n) is 4.97.